The maximum atomic E-state index is 4.61. The van der Waals surface area contributed by atoms with Gasteiger partial charge in [0.25, 0.3) is 0 Å². The quantitative estimate of drug-likeness (QED) is 0.765. The predicted octanol–water partition coefficient (Wildman–Crippen LogP) is 2.29. The molecule has 0 bridgehead atoms. The SMILES string of the molecule is CC[C@@H]1Cc2nc(SC)sc2CN1. The number of nitrogens with zero attached hydrogens (tertiary/aromatic N) is 1. The molecule has 72 valence electrons. The van der Waals surface area contributed by atoms with Crippen molar-refractivity contribution in [3.63, 3.8) is 0 Å². The highest BCUT2D eigenvalue weighted by molar-refractivity contribution is 8.00. The Morgan fingerprint density at radius 2 is 2.54 bits per heavy atom. The van der Waals surface area contributed by atoms with Crippen LogP contribution in [0, 0.1) is 0 Å². The highest BCUT2D eigenvalue weighted by Gasteiger charge is 2.20. The van der Waals surface area contributed by atoms with Crippen molar-refractivity contribution in [2.75, 3.05) is 6.26 Å². The molecule has 1 aliphatic rings. The normalized spacial score (nSPS) is 21.5. The van der Waals surface area contributed by atoms with Gasteiger partial charge in [-0.3, -0.25) is 0 Å². The number of fused-ring (bicyclic) bond motifs is 1. The number of aromatic nitrogens is 1. The van der Waals surface area contributed by atoms with E-state index < -0.39 is 0 Å². The molecule has 4 heteroatoms. The molecule has 0 spiro atoms. The highest BCUT2D eigenvalue weighted by Crippen LogP contribution is 2.28. The first kappa shape index (κ1) is 9.49. The molecule has 1 atom stereocenters. The van der Waals surface area contributed by atoms with E-state index in [0.717, 1.165) is 13.0 Å². The Morgan fingerprint density at radius 1 is 1.69 bits per heavy atom. The van der Waals surface area contributed by atoms with Crippen LogP contribution in [0.4, 0.5) is 0 Å². The summed E-state index contributed by atoms with van der Waals surface area (Å²) in [5.74, 6) is 0. The van der Waals surface area contributed by atoms with E-state index in [1.165, 1.54) is 21.3 Å². The molecule has 0 fully saturated rings. The van der Waals surface area contributed by atoms with Crippen LogP contribution < -0.4 is 5.32 Å². The Kier molecular flexibility index (Phi) is 2.91. The first-order chi connectivity index (χ1) is 6.33. The van der Waals surface area contributed by atoms with Crippen LogP contribution in [0.15, 0.2) is 4.34 Å². The Balaban J connectivity index is 2.19. The Bertz CT molecular complexity index is 296. The Hall–Kier alpha value is -0.0600. The van der Waals surface area contributed by atoms with Crippen LogP contribution in [0.5, 0.6) is 0 Å². The molecule has 0 amide bonds. The fourth-order valence-corrected chi connectivity index (χ4v) is 3.18. The third-order valence-corrected chi connectivity index (χ3v) is 4.50. The molecule has 2 heterocycles. The zero-order valence-corrected chi connectivity index (χ0v) is 9.60. The van der Waals surface area contributed by atoms with Crippen LogP contribution in [0.1, 0.15) is 23.9 Å². The van der Waals surface area contributed by atoms with Crippen LogP contribution in [-0.2, 0) is 13.0 Å². The first-order valence-electron chi connectivity index (χ1n) is 4.59. The topological polar surface area (TPSA) is 24.9 Å². The van der Waals surface area contributed by atoms with Crippen LogP contribution in [0.2, 0.25) is 0 Å². The molecule has 0 unspecified atom stereocenters. The molecule has 13 heavy (non-hydrogen) atoms. The molecule has 0 saturated carbocycles. The van der Waals surface area contributed by atoms with Crippen LogP contribution in [0.25, 0.3) is 0 Å². The standard InChI is InChI=1S/C9H14N2S2/c1-3-6-4-7-8(5-10-6)13-9(11-7)12-2/h6,10H,3-5H2,1-2H3/t6-/m1/s1. The minimum absolute atomic E-state index is 0.643. The van der Waals surface area contributed by atoms with Gasteiger partial charge < -0.3 is 5.32 Å². The molecule has 1 aromatic rings. The van der Waals surface area contributed by atoms with Crippen molar-refractivity contribution in [2.24, 2.45) is 0 Å². The monoisotopic (exact) mass is 214 g/mol. The van der Waals surface area contributed by atoms with Crippen molar-refractivity contribution in [3.05, 3.63) is 10.6 Å². The smallest absolute Gasteiger partial charge is 0.150 e. The molecule has 0 radical (unpaired) electrons. The second-order valence-corrected chi connectivity index (χ2v) is 5.38. The van der Waals surface area contributed by atoms with Crippen LogP contribution in [-0.4, -0.2) is 17.3 Å². The zero-order valence-electron chi connectivity index (χ0n) is 7.96. The fraction of sp³-hybridized carbons (Fsp3) is 0.667. The summed E-state index contributed by atoms with van der Waals surface area (Å²) in [6, 6.07) is 0.643. The molecule has 0 aromatic carbocycles. The number of hydrogen-bond acceptors (Lipinski definition) is 4. The van der Waals surface area contributed by atoms with Gasteiger partial charge in [0.2, 0.25) is 0 Å². The van der Waals surface area contributed by atoms with E-state index in [2.05, 4.69) is 23.5 Å². The Morgan fingerprint density at radius 3 is 3.23 bits per heavy atom. The third kappa shape index (κ3) is 1.90. The van der Waals surface area contributed by atoms with Crippen molar-refractivity contribution in [2.45, 2.75) is 36.7 Å². The molecule has 1 N–H and O–H groups in total. The van der Waals surface area contributed by atoms with Gasteiger partial charge in [-0.15, -0.1) is 11.3 Å². The fourth-order valence-electron chi connectivity index (χ4n) is 1.58. The lowest BCUT2D eigenvalue weighted by Gasteiger charge is -2.20. The van der Waals surface area contributed by atoms with E-state index in [1.54, 1.807) is 11.8 Å². The molecular weight excluding hydrogens is 200 g/mol. The van der Waals surface area contributed by atoms with E-state index in [1.807, 2.05) is 11.3 Å². The van der Waals surface area contributed by atoms with Crippen molar-refractivity contribution in [1.82, 2.24) is 10.3 Å². The maximum Gasteiger partial charge on any atom is 0.150 e. The highest BCUT2D eigenvalue weighted by atomic mass is 32.2. The largest absolute Gasteiger partial charge is 0.309 e. The molecule has 1 aliphatic heterocycles. The number of thioether (sulfide) groups is 1. The van der Waals surface area contributed by atoms with Crippen molar-refractivity contribution in [3.8, 4) is 0 Å². The van der Waals surface area contributed by atoms with Gasteiger partial charge in [0, 0.05) is 23.9 Å². The van der Waals surface area contributed by atoms with Gasteiger partial charge in [0.05, 0.1) is 5.69 Å². The van der Waals surface area contributed by atoms with E-state index in [-0.39, 0.29) is 0 Å². The van der Waals surface area contributed by atoms with Gasteiger partial charge in [0.15, 0.2) is 0 Å². The molecule has 0 aliphatic carbocycles. The molecule has 1 aromatic heterocycles. The minimum Gasteiger partial charge on any atom is -0.309 e. The van der Waals surface area contributed by atoms with Gasteiger partial charge >= 0.3 is 0 Å². The lowest BCUT2D eigenvalue weighted by Crippen LogP contribution is -2.34. The van der Waals surface area contributed by atoms with E-state index in [9.17, 15) is 0 Å². The third-order valence-electron chi connectivity index (χ3n) is 2.42. The Labute approximate surface area is 87.1 Å². The summed E-state index contributed by atoms with van der Waals surface area (Å²) in [5.41, 5.74) is 1.33. The predicted molar refractivity (Wildman–Crippen MR) is 58.5 cm³/mol. The second kappa shape index (κ2) is 3.98. The molecule has 0 saturated heterocycles. The van der Waals surface area contributed by atoms with Gasteiger partial charge in [-0.05, 0) is 12.7 Å². The molecule has 2 nitrogen and oxygen atoms in total. The van der Waals surface area contributed by atoms with Crippen molar-refractivity contribution < 1.29 is 0 Å². The summed E-state index contributed by atoms with van der Waals surface area (Å²) < 4.78 is 1.21. The van der Waals surface area contributed by atoms with Gasteiger partial charge in [-0.2, -0.15) is 0 Å². The van der Waals surface area contributed by atoms with Crippen LogP contribution in [0.3, 0.4) is 0 Å². The molecular formula is C9H14N2S2. The van der Waals surface area contributed by atoms with E-state index in [0.29, 0.717) is 6.04 Å². The van der Waals surface area contributed by atoms with Gasteiger partial charge in [0.1, 0.15) is 4.34 Å². The summed E-state index contributed by atoms with van der Waals surface area (Å²) in [5, 5.41) is 3.52. The summed E-state index contributed by atoms with van der Waals surface area (Å²) in [6.45, 7) is 3.25. The lowest BCUT2D eigenvalue weighted by molar-refractivity contribution is 0.466. The summed E-state index contributed by atoms with van der Waals surface area (Å²) in [7, 11) is 0. The number of hydrogen-bond donors (Lipinski definition) is 1. The second-order valence-electron chi connectivity index (χ2n) is 3.24. The van der Waals surface area contributed by atoms with E-state index in [4.69, 9.17) is 0 Å². The first-order valence-corrected chi connectivity index (χ1v) is 6.63. The average Bonchev–Trinajstić information content (AvgIpc) is 2.58. The van der Waals surface area contributed by atoms with Gasteiger partial charge in [-0.1, -0.05) is 18.7 Å². The lowest BCUT2D eigenvalue weighted by atomic mass is 10.0. The summed E-state index contributed by atoms with van der Waals surface area (Å²) in [6.07, 6.45) is 4.41. The number of rotatable bonds is 2. The van der Waals surface area contributed by atoms with E-state index >= 15 is 0 Å². The van der Waals surface area contributed by atoms with Crippen molar-refractivity contribution >= 4 is 23.1 Å². The number of nitrogens with one attached hydrogen (secondary N) is 1. The summed E-state index contributed by atoms with van der Waals surface area (Å²) >= 11 is 3.59. The average molecular weight is 214 g/mol. The van der Waals surface area contributed by atoms with Crippen molar-refractivity contribution in [1.29, 1.82) is 0 Å². The van der Waals surface area contributed by atoms with Gasteiger partial charge in [-0.25, -0.2) is 4.98 Å². The molecule has 2 rings (SSSR count). The number of thiazole rings is 1. The maximum absolute atomic E-state index is 4.61. The minimum atomic E-state index is 0.643. The zero-order chi connectivity index (χ0) is 9.26. The van der Waals surface area contributed by atoms with Crippen LogP contribution >= 0.6 is 23.1 Å². The summed E-state index contributed by atoms with van der Waals surface area (Å²) in [4.78, 5) is 6.05.